The fraction of sp³-hybridized carbons (Fsp3) is 0.588. The van der Waals surface area contributed by atoms with E-state index in [1.807, 2.05) is 0 Å². The number of rotatable bonds is 5. The quantitative estimate of drug-likeness (QED) is 0.905. The standard InChI is InChI=1S/C17H22FNO2/c1-11(16-8-12-5-6-13(16)7-12)19-17(20)10-21-15-4-2-3-14(18)9-15/h2-4,9,11-13,16H,5-8,10H2,1H3,(H,19,20). The largest absolute Gasteiger partial charge is 0.484 e. The van der Waals surface area contributed by atoms with Crippen molar-refractivity contribution in [1.82, 2.24) is 5.32 Å². The van der Waals surface area contributed by atoms with E-state index in [1.54, 1.807) is 12.1 Å². The second-order valence-corrected chi connectivity index (χ2v) is 6.44. The van der Waals surface area contributed by atoms with E-state index in [4.69, 9.17) is 4.74 Å². The second kappa shape index (κ2) is 6.04. The van der Waals surface area contributed by atoms with Crippen molar-refractivity contribution in [2.45, 2.75) is 38.6 Å². The highest BCUT2D eigenvalue weighted by atomic mass is 19.1. The van der Waals surface area contributed by atoms with Gasteiger partial charge in [0.1, 0.15) is 11.6 Å². The molecule has 0 aliphatic heterocycles. The highest BCUT2D eigenvalue weighted by Crippen LogP contribution is 2.49. The Labute approximate surface area is 124 Å². The molecule has 21 heavy (non-hydrogen) atoms. The van der Waals surface area contributed by atoms with Crippen LogP contribution in [0.25, 0.3) is 0 Å². The van der Waals surface area contributed by atoms with Gasteiger partial charge in [-0.1, -0.05) is 12.5 Å². The third kappa shape index (κ3) is 3.36. The molecule has 0 saturated heterocycles. The maximum absolute atomic E-state index is 13.0. The molecular weight excluding hydrogens is 269 g/mol. The lowest BCUT2D eigenvalue weighted by Crippen LogP contribution is -2.42. The van der Waals surface area contributed by atoms with Crippen LogP contribution in [0.15, 0.2) is 24.3 Å². The van der Waals surface area contributed by atoms with Gasteiger partial charge in [-0.15, -0.1) is 0 Å². The molecule has 2 aliphatic rings. The summed E-state index contributed by atoms with van der Waals surface area (Å²) in [4.78, 5) is 11.9. The van der Waals surface area contributed by atoms with Crippen LogP contribution in [0.5, 0.6) is 5.75 Å². The number of carbonyl (C=O) groups excluding carboxylic acids is 1. The third-order valence-electron chi connectivity index (χ3n) is 4.99. The number of hydrogen-bond donors (Lipinski definition) is 1. The first-order valence-electron chi connectivity index (χ1n) is 7.79. The van der Waals surface area contributed by atoms with Crippen molar-refractivity contribution in [3.63, 3.8) is 0 Å². The van der Waals surface area contributed by atoms with Crippen molar-refractivity contribution in [2.24, 2.45) is 17.8 Å². The first kappa shape index (κ1) is 14.4. The van der Waals surface area contributed by atoms with Gasteiger partial charge in [0.2, 0.25) is 0 Å². The number of nitrogens with one attached hydrogen (secondary N) is 1. The van der Waals surface area contributed by atoms with Crippen LogP contribution in [0.4, 0.5) is 4.39 Å². The van der Waals surface area contributed by atoms with Crippen LogP contribution in [0, 0.1) is 23.6 Å². The summed E-state index contributed by atoms with van der Waals surface area (Å²) in [5.74, 6) is 2.18. The molecule has 0 radical (unpaired) electrons. The van der Waals surface area contributed by atoms with Gasteiger partial charge in [-0.05, 0) is 56.1 Å². The predicted molar refractivity (Wildman–Crippen MR) is 78.4 cm³/mol. The summed E-state index contributed by atoms with van der Waals surface area (Å²) >= 11 is 0. The van der Waals surface area contributed by atoms with Crippen molar-refractivity contribution in [3.8, 4) is 5.75 Å². The van der Waals surface area contributed by atoms with Gasteiger partial charge in [0.05, 0.1) is 0 Å². The molecule has 3 nitrogen and oxygen atoms in total. The fourth-order valence-corrected chi connectivity index (χ4v) is 4.01. The summed E-state index contributed by atoms with van der Waals surface area (Å²) < 4.78 is 18.3. The molecule has 114 valence electrons. The van der Waals surface area contributed by atoms with Gasteiger partial charge >= 0.3 is 0 Å². The number of halogens is 1. The molecule has 3 rings (SSSR count). The van der Waals surface area contributed by atoms with Gasteiger partial charge in [0, 0.05) is 12.1 Å². The molecule has 4 unspecified atom stereocenters. The van der Waals surface area contributed by atoms with E-state index in [2.05, 4.69) is 12.2 Å². The Balaban J connectivity index is 1.46. The minimum absolute atomic E-state index is 0.0609. The lowest BCUT2D eigenvalue weighted by atomic mass is 9.84. The van der Waals surface area contributed by atoms with E-state index < -0.39 is 0 Å². The maximum atomic E-state index is 13.0. The van der Waals surface area contributed by atoms with Gasteiger partial charge in [-0.3, -0.25) is 4.79 Å². The number of benzene rings is 1. The number of ether oxygens (including phenoxy) is 1. The van der Waals surface area contributed by atoms with Crippen LogP contribution in [-0.4, -0.2) is 18.6 Å². The number of amides is 1. The van der Waals surface area contributed by atoms with Crippen molar-refractivity contribution in [3.05, 3.63) is 30.1 Å². The first-order valence-corrected chi connectivity index (χ1v) is 7.79. The van der Waals surface area contributed by atoms with Gasteiger partial charge in [-0.25, -0.2) is 4.39 Å². The van der Waals surface area contributed by atoms with Crippen LogP contribution < -0.4 is 10.1 Å². The highest BCUT2D eigenvalue weighted by Gasteiger charge is 2.42. The zero-order valence-corrected chi connectivity index (χ0v) is 12.3. The summed E-state index contributed by atoms with van der Waals surface area (Å²) in [6, 6.07) is 6.05. The van der Waals surface area contributed by atoms with Crippen LogP contribution in [-0.2, 0) is 4.79 Å². The van der Waals surface area contributed by atoms with Crippen molar-refractivity contribution < 1.29 is 13.9 Å². The molecule has 1 aromatic rings. The molecule has 4 heteroatoms. The Morgan fingerprint density at radius 1 is 1.43 bits per heavy atom. The number of fused-ring (bicyclic) bond motifs is 2. The minimum atomic E-state index is -0.358. The van der Waals surface area contributed by atoms with Gasteiger partial charge < -0.3 is 10.1 Å². The van der Waals surface area contributed by atoms with Crippen LogP contribution in [0.1, 0.15) is 32.6 Å². The van der Waals surface area contributed by atoms with E-state index >= 15 is 0 Å². The SMILES string of the molecule is CC(NC(=O)COc1cccc(F)c1)C1CC2CCC1C2. The maximum Gasteiger partial charge on any atom is 0.258 e. The lowest BCUT2D eigenvalue weighted by Gasteiger charge is -2.28. The van der Waals surface area contributed by atoms with Gasteiger partial charge in [0.15, 0.2) is 6.61 Å². The summed E-state index contributed by atoms with van der Waals surface area (Å²) in [6.45, 7) is 2.03. The summed E-state index contributed by atoms with van der Waals surface area (Å²) in [6.07, 6.45) is 5.27. The van der Waals surface area contributed by atoms with Crippen LogP contribution >= 0.6 is 0 Å². The Kier molecular flexibility index (Phi) is 4.13. The third-order valence-corrected chi connectivity index (χ3v) is 4.99. The second-order valence-electron chi connectivity index (χ2n) is 6.44. The summed E-state index contributed by atoms with van der Waals surface area (Å²) in [5.41, 5.74) is 0. The molecule has 1 aromatic carbocycles. The van der Waals surface area contributed by atoms with Gasteiger partial charge in [-0.2, -0.15) is 0 Å². The molecule has 1 amide bonds. The Morgan fingerprint density at radius 3 is 2.95 bits per heavy atom. The Hall–Kier alpha value is -1.58. The molecule has 1 N–H and O–H groups in total. The molecule has 4 atom stereocenters. The monoisotopic (exact) mass is 291 g/mol. The lowest BCUT2D eigenvalue weighted by molar-refractivity contribution is -0.124. The van der Waals surface area contributed by atoms with Crippen molar-refractivity contribution >= 4 is 5.91 Å². The van der Waals surface area contributed by atoms with Crippen molar-refractivity contribution in [2.75, 3.05) is 6.61 Å². The highest BCUT2D eigenvalue weighted by molar-refractivity contribution is 5.77. The normalized spacial score (nSPS) is 28.4. The van der Waals surface area contributed by atoms with Crippen LogP contribution in [0.3, 0.4) is 0 Å². The smallest absolute Gasteiger partial charge is 0.258 e. The average Bonchev–Trinajstić information content (AvgIpc) is 3.08. The molecule has 2 fully saturated rings. The fourth-order valence-electron chi connectivity index (χ4n) is 4.01. The summed E-state index contributed by atoms with van der Waals surface area (Å²) in [5, 5.41) is 3.03. The minimum Gasteiger partial charge on any atom is -0.484 e. The molecule has 0 heterocycles. The van der Waals surface area contributed by atoms with E-state index in [0.717, 1.165) is 11.8 Å². The summed E-state index contributed by atoms with van der Waals surface area (Å²) in [7, 11) is 0. The van der Waals surface area contributed by atoms with Crippen LogP contribution in [0.2, 0.25) is 0 Å². The first-order chi connectivity index (χ1) is 10.1. The average molecular weight is 291 g/mol. The van der Waals surface area contributed by atoms with Crippen molar-refractivity contribution in [1.29, 1.82) is 0 Å². The predicted octanol–water partition coefficient (Wildman–Crippen LogP) is 3.15. The molecule has 0 aromatic heterocycles. The topological polar surface area (TPSA) is 38.3 Å². The zero-order chi connectivity index (χ0) is 14.8. The Morgan fingerprint density at radius 2 is 2.29 bits per heavy atom. The molecule has 2 aliphatic carbocycles. The van der Waals surface area contributed by atoms with E-state index in [9.17, 15) is 9.18 Å². The van der Waals surface area contributed by atoms with Gasteiger partial charge in [0.25, 0.3) is 5.91 Å². The zero-order valence-electron chi connectivity index (χ0n) is 12.3. The molecule has 2 bridgehead atoms. The molecule has 0 spiro atoms. The van der Waals surface area contributed by atoms with E-state index in [0.29, 0.717) is 11.7 Å². The Bertz CT molecular complexity index is 519. The van der Waals surface area contributed by atoms with E-state index in [1.165, 1.54) is 37.8 Å². The number of hydrogen-bond acceptors (Lipinski definition) is 2. The van der Waals surface area contributed by atoms with E-state index in [-0.39, 0.29) is 24.4 Å². The number of carbonyl (C=O) groups is 1. The molecule has 2 saturated carbocycles. The molecular formula is C17H22FNO2.